The zero-order chi connectivity index (χ0) is 30.7. The van der Waals surface area contributed by atoms with Gasteiger partial charge in [-0.2, -0.15) is 9.49 Å². The lowest BCUT2D eigenvalue weighted by Gasteiger charge is -2.23. The van der Waals surface area contributed by atoms with Gasteiger partial charge >= 0.3 is 6.09 Å². The monoisotopic (exact) mass is 608 g/mol. The maximum Gasteiger partial charge on any atom is 0.411 e. The Balaban J connectivity index is 1.49. The van der Waals surface area contributed by atoms with Crippen molar-refractivity contribution >= 4 is 40.9 Å². The highest BCUT2D eigenvalue weighted by Gasteiger charge is 2.25. The normalized spacial score (nSPS) is 16.6. The molecule has 0 aliphatic carbocycles. The first kappa shape index (κ1) is 29.6. The van der Waals surface area contributed by atoms with Gasteiger partial charge in [-0.25, -0.2) is 18.9 Å². The Hall–Kier alpha value is -4.84. The van der Waals surface area contributed by atoms with Gasteiger partial charge in [0.1, 0.15) is 5.69 Å². The molecule has 1 unspecified atom stereocenters. The molecule has 3 amide bonds. The van der Waals surface area contributed by atoms with Gasteiger partial charge in [-0.1, -0.05) is 37.1 Å². The van der Waals surface area contributed by atoms with E-state index >= 15 is 4.39 Å². The van der Waals surface area contributed by atoms with Crippen LogP contribution in [-0.2, 0) is 9.53 Å². The summed E-state index contributed by atoms with van der Waals surface area (Å²) >= 11 is 5.89. The molecule has 2 atom stereocenters. The molecule has 3 N–H and O–H groups in total. The molecule has 0 saturated heterocycles. The molecule has 0 spiro atoms. The second kappa shape index (κ2) is 12.6. The van der Waals surface area contributed by atoms with Gasteiger partial charge < -0.3 is 15.4 Å². The first-order valence-corrected chi connectivity index (χ1v) is 13.8. The van der Waals surface area contributed by atoms with E-state index in [0.717, 1.165) is 0 Å². The number of halogens is 3. The molecule has 2 aromatic heterocycles. The second-order valence-electron chi connectivity index (χ2n) is 10.1. The van der Waals surface area contributed by atoms with Gasteiger partial charge in [0, 0.05) is 40.7 Å². The summed E-state index contributed by atoms with van der Waals surface area (Å²) in [5, 5.41) is 12.3. The number of carbonyl (C=O) groups is 3. The SMILES string of the molecule is COC(=O)Nc1ccc2c(c1)NC(=O)C(C)CCC[C@H](NC(=O)c1cnn(-c3cccc(Cl)c3F)c1)c1cc-2cnc1F. The Labute approximate surface area is 250 Å². The van der Waals surface area contributed by atoms with Crippen LogP contribution in [-0.4, -0.2) is 39.8 Å². The zero-order valence-corrected chi connectivity index (χ0v) is 23.9. The van der Waals surface area contributed by atoms with Crippen LogP contribution in [0.2, 0.25) is 5.02 Å². The fraction of sp³-hybridized carbons (Fsp3) is 0.233. The number of fused-ring (bicyclic) bond motifs is 4. The number of methoxy groups -OCH3 is 1. The Bertz CT molecular complexity index is 1710. The van der Waals surface area contributed by atoms with Gasteiger partial charge in [-0.3, -0.25) is 14.9 Å². The third kappa shape index (κ3) is 6.49. The molecule has 0 saturated carbocycles. The average molecular weight is 609 g/mol. The molecule has 13 heteroatoms. The van der Waals surface area contributed by atoms with Crippen molar-refractivity contribution in [2.24, 2.45) is 5.92 Å². The molecular weight excluding hydrogens is 582 g/mol. The van der Waals surface area contributed by atoms with Crippen LogP contribution in [0.5, 0.6) is 0 Å². The number of rotatable bonds is 4. The van der Waals surface area contributed by atoms with Crippen molar-refractivity contribution in [1.82, 2.24) is 20.1 Å². The molecule has 10 nitrogen and oxygen atoms in total. The number of nitrogens with one attached hydrogen (secondary N) is 3. The fourth-order valence-corrected chi connectivity index (χ4v) is 4.98. The Morgan fingerprint density at radius 2 is 1.95 bits per heavy atom. The summed E-state index contributed by atoms with van der Waals surface area (Å²) in [5.74, 6) is -2.65. The number of ether oxygens (including phenoxy) is 1. The molecule has 43 heavy (non-hydrogen) atoms. The topological polar surface area (TPSA) is 127 Å². The molecule has 2 aromatic carbocycles. The molecule has 1 aliphatic heterocycles. The lowest BCUT2D eigenvalue weighted by atomic mass is 9.94. The summed E-state index contributed by atoms with van der Waals surface area (Å²) < 4.78 is 35.6. The van der Waals surface area contributed by atoms with Gasteiger partial charge in [-0.15, -0.1) is 0 Å². The number of pyridine rings is 1. The number of aromatic nitrogens is 3. The summed E-state index contributed by atoms with van der Waals surface area (Å²) in [5.41, 5.74) is 2.11. The van der Waals surface area contributed by atoms with Crippen LogP contribution in [0.3, 0.4) is 0 Å². The predicted octanol–water partition coefficient (Wildman–Crippen LogP) is 6.27. The van der Waals surface area contributed by atoms with Crippen LogP contribution in [0.25, 0.3) is 16.8 Å². The van der Waals surface area contributed by atoms with E-state index in [1.165, 1.54) is 42.5 Å². The van der Waals surface area contributed by atoms with E-state index in [0.29, 0.717) is 41.8 Å². The largest absolute Gasteiger partial charge is 0.453 e. The first-order valence-electron chi connectivity index (χ1n) is 13.4. The third-order valence-electron chi connectivity index (χ3n) is 7.17. The van der Waals surface area contributed by atoms with Gasteiger partial charge in [0.25, 0.3) is 5.91 Å². The smallest absolute Gasteiger partial charge is 0.411 e. The quantitative estimate of drug-likeness (QED) is 0.234. The van der Waals surface area contributed by atoms with Crippen molar-refractivity contribution in [3.05, 3.63) is 89.0 Å². The number of amides is 3. The highest BCUT2D eigenvalue weighted by molar-refractivity contribution is 6.30. The summed E-state index contributed by atoms with van der Waals surface area (Å²) in [4.78, 5) is 42.1. The van der Waals surface area contributed by atoms with Crippen molar-refractivity contribution in [2.45, 2.75) is 32.2 Å². The molecule has 222 valence electrons. The highest BCUT2D eigenvalue weighted by Crippen LogP contribution is 2.35. The van der Waals surface area contributed by atoms with Gasteiger partial charge in [-0.05, 0) is 43.2 Å². The Kier molecular flexibility index (Phi) is 8.67. The second-order valence-corrected chi connectivity index (χ2v) is 10.5. The lowest BCUT2D eigenvalue weighted by Crippen LogP contribution is -2.30. The minimum Gasteiger partial charge on any atom is -0.453 e. The number of benzene rings is 2. The van der Waals surface area contributed by atoms with E-state index in [9.17, 15) is 18.8 Å². The number of nitrogens with zero attached hydrogens (tertiary/aromatic N) is 3. The van der Waals surface area contributed by atoms with E-state index in [-0.39, 0.29) is 27.7 Å². The van der Waals surface area contributed by atoms with E-state index in [1.54, 1.807) is 37.3 Å². The van der Waals surface area contributed by atoms with Crippen LogP contribution in [0.15, 0.2) is 61.1 Å². The van der Waals surface area contributed by atoms with Crippen molar-refractivity contribution in [2.75, 3.05) is 17.7 Å². The van der Waals surface area contributed by atoms with Crippen molar-refractivity contribution in [3.63, 3.8) is 0 Å². The summed E-state index contributed by atoms with van der Waals surface area (Å²) in [6.45, 7) is 1.77. The molecule has 0 radical (unpaired) electrons. The number of hydrogen-bond donors (Lipinski definition) is 3. The van der Waals surface area contributed by atoms with Gasteiger partial charge in [0.2, 0.25) is 11.9 Å². The lowest BCUT2D eigenvalue weighted by molar-refractivity contribution is -0.119. The van der Waals surface area contributed by atoms with Gasteiger partial charge in [0.15, 0.2) is 5.82 Å². The number of carbonyl (C=O) groups excluding carboxylic acids is 3. The molecule has 2 bridgehead atoms. The molecule has 5 rings (SSSR count). The minimum atomic E-state index is -0.801. The van der Waals surface area contributed by atoms with Crippen LogP contribution >= 0.6 is 11.6 Å². The Morgan fingerprint density at radius 3 is 2.74 bits per heavy atom. The average Bonchev–Trinajstić information content (AvgIpc) is 3.48. The summed E-state index contributed by atoms with van der Waals surface area (Å²) in [6.07, 6.45) is 4.53. The molecule has 3 heterocycles. The zero-order valence-electron chi connectivity index (χ0n) is 23.2. The molecule has 0 fully saturated rings. The first-order chi connectivity index (χ1) is 20.6. The minimum absolute atomic E-state index is 0.0661. The van der Waals surface area contributed by atoms with Crippen molar-refractivity contribution in [1.29, 1.82) is 0 Å². The maximum atomic E-state index is 15.2. The van der Waals surface area contributed by atoms with Crippen LogP contribution in [0.4, 0.5) is 25.0 Å². The fourth-order valence-electron chi connectivity index (χ4n) is 4.81. The number of hydrogen-bond acceptors (Lipinski definition) is 6. The van der Waals surface area contributed by atoms with Crippen LogP contribution < -0.4 is 16.0 Å². The molecule has 4 aromatic rings. The van der Waals surface area contributed by atoms with Gasteiger partial charge in [0.05, 0.1) is 35.6 Å². The van der Waals surface area contributed by atoms with E-state index in [1.807, 2.05) is 0 Å². The highest BCUT2D eigenvalue weighted by atomic mass is 35.5. The number of anilines is 2. The summed E-state index contributed by atoms with van der Waals surface area (Å²) in [6, 6.07) is 10.0. The van der Waals surface area contributed by atoms with Crippen LogP contribution in [0, 0.1) is 17.7 Å². The third-order valence-corrected chi connectivity index (χ3v) is 7.46. The molecular formula is C30H27ClF2N6O4. The predicted molar refractivity (Wildman–Crippen MR) is 156 cm³/mol. The standard InChI is InChI=1S/C30H27ClF2N6O4/c1-16-5-3-7-23(37-29(41)18-14-35-39(15-18)25-8-4-6-22(31)26(25)32)21-11-17(13-34-27(21)33)20-10-9-19(36-30(42)43-2)12-24(20)38-28(16)40/h4,6,8-16,23H,3,5,7H2,1-2H3,(H,36,42)(H,37,41)(H,38,40)/t16?,23-/m0/s1. The van der Waals surface area contributed by atoms with Crippen LogP contribution in [0.1, 0.15) is 48.1 Å². The van der Waals surface area contributed by atoms with E-state index in [2.05, 4.69) is 30.8 Å². The summed E-state index contributed by atoms with van der Waals surface area (Å²) in [7, 11) is 1.23. The maximum absolute atomic E-state index is 15.2. The van der Waals surface area contributed by atoms with Crippen molar-refractivity contribution < 1.29 is 27.9 Å². The Morgan fingerprint density at radius 1 is 1.14 bits per heavy atom. The van der Waals surface area contributed by atoms with E-state index in [4.69, 9.17) is 11.6 Å². The van der Waals surface area contributed by atoms with E-state index < -0.39 is 35.7 Å². The van der Waals surface area contributed by atoms with Crippen molar-refractivity contribution in [3.8, 4) is 16.8 Å². The molecule has 1 aliphatic rings.